The van der Waals surface area contributed by atoms with Crippen LogP contribution in [0, 0.1) is 28.4 Å². The summed E-state index contributed by atoms with van der Waals surface area (Å²) in [6.07, 6.45) is 5.94. The SMILES string of the molecule is C=CC(=O)N1CCN(c2nc(OCC3(CN4CCCC4)CC3)nc3nc(-c4cccc5cccc(F)c45)c(F)cc23)C[C@@H]1CC#N. The van der Waals surface area contributed by atoms with Crippen LogP contribution in [0.3, 0.4) is 0 Å². The second kappa shape index (κ2) is 12.2. The number of rotatable bonds is 9. The molecule has 11 heteroatoms. The molecule has 0 radical (unpaired) electrons. The molecule has 9 nitrogen and oxygen atoms in total. The number of amides is 1. The van der Waals surface area contributed by atoms with E-state index in [2.05, 4.69) is 27.5 Å². The Morgan fingerprint density at radius 1 is 1.07 bits per heavy atom. The first kappa shape index (κ1) is 30.0. The largest absolute Gasteiger partial charge is 0.463 e. The van der Waals surface area contributed by atoms with E-state index in [1.54, 1.807) is 35.2 Å². The third-order valence-electron chi connectivity index (χ3n) is 9.50. The molecule has 0 N–H and O–H groups in total. The van der Waals surface area contributed by atoms with Crippen LogP contribution in [0.1, 0.15) is 32.1 Å². The van der Waals surface area contributed by atoms with Crippen LogP contribution in [-0.4, -0.2) is 82.6 Å². The number of halogens is 2. The minimum Gasteiger partial charge on any atom is -0.463 e. The summed E-state index contributed by atoms with van der Waals surface area (Å²) in [7, 11) is 0. The van der Waals surface area contributed by atoms with Crippen LogP contribution in [0.5, 0.6) is 6.01 Å². The lowest BCUT2D eigenvalue weighted by Gasteiger charge is -2.41. The van der Waals surface area contributed by atoms with Crippen LogP contribution in [0.25, 0.3) is 33.1 Å². The van der Waals surface area contributed by atoms with Gasteiger partial charge in [-0.25, -0.2) is 13.8 Å². The number of fused-ring (bicyclic) bond motifs is 2. The molecule has 236 valence electrons. The fraction of sp³-hybridized carbons (Fsp3) is 0.400. The number of likely N-dealkylation sites (tertiary alicyclic amines) is 1. The number of nitrogens with zero attached hydrogens (tertiary/aromatic N) is 7. The van der Waals surface area contributed by atoms with Gasteiger partial charge in [0.2, 0.25) is 5.91 Å². The third kappa shape index (κ3) is 5.73. The van der Waals surface area contributed by atoms with E-state index in [9.17, 15) is 10.1 Å². The van der Waals surface area contributed by atoms with Crippen molar-refractivity contribution in [3.8, 4) is 23.3 Å². The van der Waals surface area contributed by atoms with Crippen LogP contribution in [0.15, 0.2) is 55.1 Å². The first-order valence-corrected chi connectivity index (χ1v) is 15.8. The molecule has 4 heterocycles. The highest BCUT2D eigenvalue weighted by Crippen LogP contribution is 2.47. The van der Waals surface area contributed by atoms with Crippen LogP contribution < -0.4 is 9.64 Å². The van der Waals surface area contributed by atoms with Crippen LogP contribution in [0.2, 0.25) is 0 Å². The molecule has 4 aromatic rings. The number of ether oxygens (including phenoxy) is 1. The molecule has 46 heavy (non-hydrogen) atoms. The summed E-state index contributed by atoms with van der Waals surface area (Å²) in [5.74, 6) is -0.938. The van der Waals surface area contributed by atoms with E-state index in [0.29, 0.717) is 48.4 Å². The number of hydrogen-bond acceptors (Lipinski definition) is 8. The number of hydrogen-bond donors (Lipinski definition) is 0. The number of carbonyl (C=O) groups is 1. The number of nitriles is 1. The van der Waals surface area contributed by atoms with Crippen LogP contribution in [0.4, 0.5) is 14.6 Å². The molecule has 1 amide bonds. The van der Waals surface area contributed by atoms with Crippen molar-refractivity contribution in [2.45, 2.75) is 38.1 Å². The standard InChI is InChI=1S/C35H35F2N7O2/c1-2-29(45)44-18-17-43(20-24(44)11-14-38)33-26-19-28(37)31(25-9-5-7-23-8-6-10-27(36)30(23)25)39-32(26)40-34(41-33)46-22-35(12-13-35)21-42-15-3-4-16-42/h2,5-10,19,24H,1,3-4,11-13,15-18,20-22H2/t24-/m0/s1. The Labute approximate surface area is 266 Å². The number of piperazine rings is 1. The molecule has 3 aliphatic rings. The van der Waals surface area contributed by atoms with Gasteiger partial charge in [-0.3, -0.25) is 4.79 Å². The summed E-state index contributed by atoms with van der Waals surface area (Å²) in [6, 6.07) is 13.1. The van der Waals surface area contributed by atoms with Gasteiger partial charge in [-0.15, -0.1) is 0 Å². The van der Waals surface area contributed by atoms with Crippen molar-refractivity contribution in [2.24, 2.45) is 5.41 Å². The second-order valence-electron chi connectivity index (χ2n) is 12.6. The molecule has 7 rings (SSSR count). The van der Waals surface area contributed by atoms with Gasteiger partial charge in [0.05, 0.1) is 30.5 Å². The Kier molecular flexibility index (Phi) is 7.99. The van der Waals surface area contributed by atoms with Crippen molar-refractivity contribution in [3.05, 3.63) is 66.8 Å². The van der Waals surface area contributed by atoms with Gasteiger partial charge in [-0.2, -0.15) is 15.2 Å². The van der Waals surface area contributed by atoms with Gasteiger partial charge in [0.1, 0.15) is 23.1 Å². The molecule has 2 aromatic heterocycles. The summed E-state index contributed by atoms with van der Waals surface area (Å²) in [5.41, 5.74) is 0.579. The summed E-state index contributed by atoms with van der Waals surface area (Å²) in [6.45, 7) is 8.27. The van der Waals surface area contributed by atoms with Gasteiger partial charge in [-0.05, 0) is 62.4 Å². The van der Waals surface area contributed by atoms with Gasteiger partial charge in [0.25, 0.3) is 0 Å². The summed E-state index contributed by atoms with van der Waals surface area (Å²) < 4.78 is 37.4. The number of carbonyl (C=O) groups excluding carboxylic acids is 1. The van der Waals surface area contributed by atoms with Gasteiger partial charge in [0, 0.05) is 42.5 Å². The predicted molar refractivity (Wildman–Crippen MR) is 171 cm³/mol. The van der Waals surface area contributed by atoms with E-state index in [-0.39, 0.29) is 40.5 Å². The van der Waals surface area contributed by atoms with E-state index in [0.717, 1.165) is 32.5 Å². The lowest BCUT2D eigenvalue weighted by Crippen LogP contribution is -2.55. The topological polar surface area (TPSA) is 98.5 Å². The van der Waals surface area contributed by atoms with E-state index in [1.165, 1.54) is 31.1 Å². The minimum absolute atomic E-state index is 0.0183. The molecule has 2 aliphatic heterocycles. The van der Waals surface area contributed by atoms with Gasteiger partial charge < -0.3 is 19.4 Å². The summed E-state index contributed by atoms with van der Waals surface area (Å²) in [5, 5.41) is 10.8. The zero-order chi connectivity index (χ0) is 31.8. The Morgan fingerprint density at radius 2 is 1.85 bits per heavy atom. The number of aromatic nitrogens is 3. The first-order chi connectivity index (χ1) is 22.4. The minimum atomic E-state index is -0.640. The van der Waals surface area contributed by atoms with Crippen molar-refractivity contribution in [1.29, 1.82) is 5.26 Å². The second-order valence-corrected chi connectivity index (χ2v) is 12.6. The Bertz CT molecular complexity index is 1860. The highest BCUT2D eigenvalue weighted by atomic mass is 19.1. The van der Waals surface area contributed by atoms with E-state index in [4.69, 9.17) is 9.72 Å². The smallest absolute Gasteiger partial charge is 0.320 e. The van der Waals surface area contributed by atoms with Crippen molar-refractivity contribution in [1.82, 2.24) is 24.8 Å². The summed E-state index contributed by atoms with van der Waals surface area (Å²) in [4.78, 5) is 32.7. The van der Waals surface area contributed by atoms with Crippen molar-refractivity contribution >= 4 is 33.5 Å². The average Bonchev–Trinajstić information content (AvgIpc) is 3.64. The van der Waals surface area contributed by atoms with Crippen molar-refractivity contribution < 1.29 is 18.3 Å². The fourth-order valence-electron chi connectivity index (χ4n) is 6.88. The monoisotopic (exact) mass is 623 g/mol. The maximum atomic E-state index is 16.0. The molecule has 0 spiro atoms. The van der Waals surface area contributed by atoms with E-state index >= 15 is 8.78 Å². The van der Waals surface area contributed by atoms with Crippen LogP contribution in [-0.2, 0) is 4.79 Å². The molecule has 3 fully saturated rings. The van der Waals surface area contributed by atoms with Crippen molar-refractivity contribution in [2.75, 3.05) is 50.8 Å². The van der Waals surface area contributed by atoms with Gasteiger partial charge >= 0.3 is 6.01 Å². The Hall–Kier alpha value is -4.69. The lowest BCUT2D eigenvalue weighted by molar-refractivity contribution is -0.128. The maximum Gasteiger partial charge on any atom is 0.320 e. The number of anilines is 1. The first-order valence-electron chi connectivity index (χ1n) is 15.8. The Morgan fingerprint density at radius 3 is 2.59 bits per heavy atom. The van der Waals surface area contributed by atoms with Gasteiger partial charge in [-0.1, -0.05) is 36.9 Å². The molecule has 2 saturated heterocycles. The highest BCUT2D eigenvalue weighted by Gasteiger charge is 2.45. The van der Waals surface area contributed by atoms with Crippen LogP contribution >= 0.6 is 0 Å². The zero-order valence-corrected chi connectivity index (χ0v) is 25.6. The molecular weight excluding hydrogens is 588 g/mol. The average molecular weight is 624 g/mol. The molecule has 1 aliphatic carbocycles. The highest BCUT2D eigenvalue weighted by molar-refractivity contribution is 5.98. The molecular formula is C35H35F2N7O2. The molecule has 1 saturated carbocycles. The van der Waals surface area contributed by atoms with E-state index in [1.807, 2.05) is 4.90 Å². The fourth-order valence-corrected chi connectivity index (χ4v) is 6.88. The number of pyridine rings is 1. The summed E-state index contributed by atoms with van der Waals surface area (Å²) >= 11 is 0. The molecule has 0 unspecified atom stereocenters. The quantitative estimate of drug-likeness (QED) is 0.226. The molecule has 0 bridgehead atoms. The molecule has 2 aromatic carbocycles. The predicted octanol–water partition coefficient (Wildman–Crippen LogP) is 5.49. The maximum absolute atomic E-state index is 16.0. The van der Waals surface area contributed by atoms with E-state index < -0.39 is 17.7 Å². The third-order valence-corrected chi connectivity index (χ3v) is 9.50. The van der Waals surface area contributed by atoms with Gasteiger partial charge in [0.15, 0.2) is 5.65 Å². The van der Waals surface area contributed by atoms with Crippen molar-refractivity contribution in [3.63, 3.8) is 0 Å². The molecule has 1 atom stereocenters. The lowest BCUT2D eigenvalue weighted by atomic mass is 10.0. The number of benzene rings is 2. The normalized spacial score (nSPS) is 19.4. The zero-order valence-electron chi connectivity index (χ0n) is 25.6. The Balaban J connectivity index is 1.29.